The summed E-state index contributed by atoms with van der Waals surface area (Å²) in [5.41, 5.74) is 1.39. The monoisotopic (exact) mass is 369 g/mol. The number of rotatable bonds is 5. The van der Waals surface area contributed by atoms with Gasteiger partial charge in [-0.1, -0.05) is 25.1 Å². The van der Waals surface area contributed by atoms with Crippen LogP contribution in [0.3, 0.4) is 0 Å². The van der Waals surface area contributed by atoms with Crippen molar-refractivity contribution in [2.75, 3.05) is 0 Å². The standard InChI is InChI=1S/C20H19NO4S/c1-4-12(2)21-19(23)18(26-20(21)24)11-16-8-9-17(25-16)15-7-5-6-14(10-15)13(3)22/h5-12H,4H2,1-3H3/b18-11+/t12-/m1/s1. The second kappa shape index (κ2) is 7.33. The van der Waals surface area contributed by atoms with Crippen molar-refractivity contribution in [2.45, 2.75) is 33.2 Å². The van der Waals surface area contributed by atoms with Crippen molar-refractivity contribution in [2.24, 2.45) is 0 Å². The zero-order valence-electron chi connectivity index (χ0n) is 14.8. The molecule has 6 heteroatoms. The Morgan fingerprint density at radius 1 is 1.27 bits per heavy atom. The molecule has 1 aliphatic heterocycles. The number of benzene rings is 1. The third kappa shape index (κ3) is 3.51. The first-order valence-electron chi connectivity index (χ1n) is 8.39. The van der Waals surface area contributed by atoms with E-state index in [-0.39, 0.29) is 23.0 Å². The number of nitrogens with zero attached hydrogens (tertiary/aromatic N) is 1. The third-order valence-corrected chi connectivity index (χ3v) is 5.19. The van der Waals surface area contributed by atoms with Crippen molar-refractivity contribution in [3.63, 3.8) is 0 Å². The number of furan rings is 1. The summed E-state index contributed by atoms with van der Waals surface area (Å²) in [6.45, 7) is 5.30. The Hall–Kier alpha value is -2.60. The lowest BCUT2D eigenvalue weighted by atomic mass is 10.1. The Morgan fingerprint density at radius 2 is 2.04 bits per heavy atom. The van der Waals surface area contributed by atoms with E-state index in [4.69, 9.17) is 4.42 Å². The van der Waals surface area contributed by atoms with E-state index in [0.29, 0.717) is 28.4 Å². The van der Waals surface area contributed by atoms with Gasteiger partial charge in [-0.25, -0.2) is 0 Å². The molecule has 1 aliphatic rings. The van der Waals surface area contributed by atoms with Crippen LogP contribution in [0.25, 0.3) is 17.4 Å². The van der Waals surface area contributed by atoms with E-state index in [1.54, 1.807) is 36.4 Å². The number of imide groups is 1. The molecule has 0 bridgehead atoms. The maximum absolute atomic E-state index is 12.5. The number of carbonyl (C=O) groups is 3. The van der Waals surface area contributed by atoms with Gasteiger partial charge in [-0.2, -0.15) is 0 Å². The topological polar surface area (TPSA) is 67.6 Å². The minimum Gasteiger partial charge on any atom is -0.457 e. The molecular formula is C20H19NO4S. The van der Waals surface area contributed by atoms with Crippen LogP contribution in [0.15, 0.2) is 45.7 Å². The Labute approximate surface area is 156 Å². The highest BCUT2D eigenvalue weighted by Crippen LogP contribution is 2.35. The van der Waals surface area contributed by atoms with E-state index >= 15 is 0 Å². The van der Waals surface area contributed by atoms with Crippen LogP contribution >= 0.6 is 11.8 Å². The van der Waals surface area contributed by atoms with Crippen LogP contribution in [0.4, 0.5) is 4.79 Å². The first kappa shape index (κ1) is 18.2. The molecular weight excluding hydrogens is 350 g/mol. The summed E-state index contributed by atoms with van der Waals surface area (Å²) < 4.78 is 5.79. The molecule has 1 fully saturated rings. The molecule has 1 aromatic heterocycles. The average Bonchev–Trinajstić information content (AvgIpc) is 3.19. The lowest BCUT2D eigenvalue weighted by Crippen LogP contribution is -2.36. The van der Waals surface area contributed by atoms with Gasteiger partial charge in [0.2, 0.25) is 0 Å². The second-order valence-electron chi connectivity index (χ2n) is 6.15. The molecule has 1 atom stereocenters. The Kier molecular flexibility index (Phi) is 5.13. The molecule has 134 valence electrons. The van der Waals surface area contributed by atoms with Gasteiger partial charge in [0, 0.05) is 23.2 Å². The molecule has 0 unspecified atom stereocenters. The van der Waals surface area contributed by atoms with Crippen LogP contribution in [0.5, 0.6) is 0 Å². The second-order valence-corrected chi connectivity index (χ2v) is 7.14. The highest BCUT2D eigenvalue weighted by Gasteiger charge is 2.37. The molecule has 1 saturated heterocycles. The lowest BCUT2D eigenvalue weighted by Gasteiger charge is -2.19. The van der Waals surface area contributed by atoms with Gasteiger partial charge in [-0.05, 0) is 50.2 Å². The van der Waals surface area contributed by atoms with Gasteiger partial charge in [-0.15, -0.1) is 0 Å². The first-order valence-corrected chi connectivity index (χ1v) is 9.20. The number of hydrogen-bond acceptors (Lipinski definition) is 5. The highest BCUT2D eigenvalue weighted by atomic mass is 32.2. The number of hydrogen-bond donors (Lipinski definition) is 0. The minimum absolute atomic E-state index is 0.0163. The zero-order valence-corrected chi connectivity index (χ0v) is 15.6. The van der Waals surface area contributed by atoms with Crippen molar-refractivity contribution in [3.05, 3.63) is 52.6 Å². The number of carbonyl (C=O) groups excluding carboxylic acids is 3. The molecule has 0 spiro atoms. The van der Waals surface area contributed by atoms with Gasteiger partial charge >= 0.3 is 0 Å². The molecule has 2 heterocycles. The number of amides is 2. The zero-order chi connectivity index (χ0) is 18.8. The fraction of sp³-hybridized carbons (Fsp3) is 0.250. The molecule has 5 nitrogen and oxygen atoms in total. The molecule has 0 saturated carbocycles. The normalized spacial score (nSPS) is 17.2. The van der Waals surface area contributed by atoms with E-state index < -0.39 is 0 Å². The smallest absolute Gasteiger partial charge is 0.293 e. The number of Topliss-reactive ketones (excluding diaryl/α,β-unsaturated/α-hetero) is 1. The van der Waals surface area contributed by atoms with E-state index in [9.17, 15) is 14.4 Å². The highest BCUT2D eigenvalue weighted by molar-refractivity contribution is 8.18. The van der Waals surface area contributed by atoms with Crippen molar-refractivity contribution in [1.29, 1.82) is 0 Å². The quantitative estimate of drug-likeness (QED) is 0.549. The van der Waals surface area contributed by atoms with Crippen molar-refractivity contribution in [1.82, 2.24) is 4.90 Å². The van der Waals surface area contributed by atoms with Gasteiger partial charge in [-0.3, -0.25) is 19.3 Å². The summed E-state index contributed by atoms with van der Waals surface area (Å²) in [4.78, 5) is 37.7. The lowest BCUT2D eigenvalue weighted by molar-refractivity contribution is -0.124. The number of thioether (sulfide) groups is 1. The Morgan fingerprint density at radius 3 is 2.73 bits per heavy atom. The molecule has 2 amide bonds. The fourth-order valence-electron chi connectivity index (χ4n) is 2.65. The van der Waals surface area contributed by atoms with Crippen LogP contribution in [-0.2, 0) is 4.79 Å². The first-order chi connectivity index (χ1) is 12.4. The van der Waals surface area contributed by atoms with E-state index in [1.165, 1.54) is 11.8 Å². The predicted octanol–water partition coefficient (Wildman–Crippen LogP) is 4.98. The van der Waals surface area contributed by atoms with Crippen LogP contribution in [0, 0.1) is 0 Å². The molecule has 0 N–H and O–H groups in total. The summed E-state index contributed by atoms with van der Waals surface area (Å²) in [7, 11) is 0. The molecule has 2 aromatic rings. The van der Waals surface area contributed by atoms with Crippen molar-refractivity contribution in [3.8, 4) is 11.3 Å². The molecule has 0 aliphatic carbocycles. The van der Waals surface area contributed by atoms with Crippen LogP contribution in [0.2, 0.25) is 0 Å². The van der Waals surface area contributed by atoms with Crippen molar-refractivity contribution < 1.29 is 18.8 Å². The van der Waals surface area contributed by atoms with E-state index in [1.807, 2.05) is 19.9 Å². The largest absolute Gasteiger partial charge is 0.457 e. The van der Waals surface area contributed by atoms with Crippen molar-refractivity contribution >= 4 is 34.8 Å². The van der Waals surface area contributed by atoms with Gasteiger partial charge in [0.05, 0.1) is 4.91 Å². The SMILES string of the molecule is CC[C@@H](C)N1C(=O)S/C(=C/c2ccc(-c3cccc(C(C)=O)c3)o2)C1=O. The predicted molar refractivity (Wildman–Crippen MR) is 102 cm³/mol. The maximum Gasteiger partial charge on any atom is 0.293 e. The van der Waals surface area contributed by atoms with Gasteiger partial charge in [0.15, 0.2) is 5.78 Å². The molecule has 26 heavy (non-hydrogen) atoms. The van der Waals surface area contributed by atoms with E-state index in [0.717, 1.165) is 17.3 Å². The maximum atomic E-state index is 12.5. The Bertz CT molecular complexity index is 912. The molecule has 0 radical (unpaired) electrons. The molecule has 1 aromatic carbocycles. The third-order valence-electron chi connectivity index (χ3n) is 4.31. The summed E-state index contributed by atoms with van der Waals surface area (Å²) in [5, 5.41) is -0.253. The van der Waals surface area contributed by atoms with Gasteiger partial charge in [0.25, 0.3) is 11.1 Å². The summed E-state index contributed by atoms with van der Waals surface area (Å²) in [6.07, 6.45) is 2.30. The number of ketones is 1. The van der Waals surface area contributed by atoms with E-state index in [2.05, 4.69) is 0 Å². The Balaban J connectivity index is 1.86. The van der Waals surface area contributed by atoms with Gasteiger partial charge in [0.1, 0.15) is 11.5 Å². The molecule has 3 rings (SSSR count). The van der Waals surface area contributed by atoms with Crippen LogP contribution in [0.1, 0.15) is 43.3 Å². The van der Waals surface area contributed by atoms with Crippen LogP contribution < -0.4 is 0 Å². The summed E-state index contributed by atoms with van der Waals surface area (Å²) in [6, 6.07) is 10.6. The summed E-state index contributed by atoms with van der Waals surface area (Å²) >= 11 is 0.926. The van der Waals surface area contributed by atoms with Gasteiger partial charge < -0.3 is 4.42 Å². The average molecular weight is 369 g/mol. The summed E-state index contributed by atoms with van der Waals surface area (Å²) in [5.74, 6) is 0.784. The van der Waals surface area contributed by atoms with Crippen LogP contribution in [-0.4, -0.2) is 27.9 Å². The fourth-order valence-corrected chi connectivity index (χ4v) is 3.56. The minimum atomic E-state index is -0.286.